The molecule has 24 heavy (non-hydrogen) atoms. The maximum absolute atomic E-state index is 12.3. The highest BCUT2D eigenvalue weighted by Crippen LogP contribution is 2.20. The average molecular weight is 358 g/mol. The van der Waals surface area contributed by atoms with Gasteiger partial charge in [0.15, 0.2) is 0 Å². The number of amides is 1. The summed E-state index contributed by atoms with van der Waals surface area (Å²) in [6.45, 7) is 0. The molecule has 122 valence electrons. The molecule has 0 unspecified atom stereocenters. The molecule has 5 nitrogen and oxygen atoms in total. The fourth-order valence-electron chi connectivity index (χ4n) is 2.07. The van der Waals surface area contributed by atoms with Crippen molar-refractivity contribution >= 4 is 38.6 Å². The third kappa shape index (κ3) is 3.81. The Morgan fingerprint density at radius 3 is 2.33 bits per heavy atom. The van der Waals surface area contributed by atoms with Gasteiger partial charge in [-0.15, -0.1) is 11.3 Å². The molecule has 2 aromatic carbocycles. The number of hydrogen-bond acceptors (Lipinski definition) is 4. The van der Waals surface area contributed by atoms with Crippen molar-refractivity contribution in [1.29, 1.82) is 0 Å². The zero-order valence-electron chi connectivity index (χ0n) is 12.5. The van der Waals surface area contributed by atoms with E-state index in [0.717, 1.165) is 0 Å². The van der Waals surface area contributed by atoms with E-state index in [4.69, 9.17) is 0 Å². The highest BCUT2D eigenvalue weighted by molar-refractivity contribution is 7.92. The van der Waals surface area contributed by atoms with E-state index < -0.39 is 10.0 Å². The van der Waals surface area contributed by atoms with Crippen molar-refractivity contribution in [2.45, 2.75) is 4.90 Å². The van der Waals surface area contributed by atoms with E-state index >= 15 is 0 Å². The summed E-state index contributed by atoms with van der Waals surface area (Å²) >= 11 is 1.34. The lowest BCUT2D eigenvalue weighted by Crippen LogP contribution is -2.14. The minimum atomic E-state index is -3.66. The van der Waals surface area contributed by atoms with Gasteiger partial charge in [-0.25, -0.2) is 8.42 Å². The molecule has 1 aromatic heterocycles. The number of hydrogen-bond donors (Lipinski definition) is 2. The second-order valence-electron chi connectivity index (χ2n) is 4.93. The summed E-state index contributed by atoms with van der Waals surface area (Å²) in [6.07, 6.45) is 0. The molecular formula is C17H14N2O3S2. The molecule has 1 heterocycles. The fraction of sp³-hybridized carbons (Fsp3) is 0. The minimum absolute atomic E-state index is 0.179. The van der Waals surface area contributed by atoms with Crippen molar-refractivity contribution in [1.82, 2.24) is 0 Å². The molecule has 0 radical (unpaired) electrons. The van der Waals surface area contributed by atoms with E-state index in [9.17, 15) is 13.2 Å². The summed E-state index contributed by atoms with van der Waals surface area (Å²) < 4.78 is 27.2. The minimum Gasteiger partial charge on any atom is -0.321 e. The van der Waals surface area contributed by atoms with Gasteiger partial charge < -0.3 is 5.32 Å². The standard InChI is InChI=1S/C17H14N2O3S2/c20-17(16-10-5-11-23-16)18-13-6-4-7-14(12-13)19-24(21,22)15-8-2-1-3-9-15/h1-12,19H,(H,18,20). The molecule has 1 amide bonds. The van der Waals surface area contributed by atoms with Gasteiger partial charge in [-0.05, 0) is 41.8 Å². The summed E-state index contributed by atoms with van der Waals surface area (Å²) in [7, 11) is -3.66. The Labute approximate surface area is 144 Å². The SMILES string of the molecule is O=C(Nc1cccc(NS(=O)(=O)c2ccccc2)c1)c1cccs1. The molecule has 0 bridgehead atoms. The van der Waals surface area contributed by atoms with Crippen molar-refractivity contribution in [2.75, 3.05) is 10.0 Å². The molecule has 0 saturated carbocycles. The van der Waals surface area contributed by atoms with Crippen LogP contribution in [0.4, 0.5) is 11.4 Å². The monoisotopic (exact) mass is 358 g/mol. The first kappa shape index (κ1) is 16.2. The molecule has 0 atom stereocenters. The smallest absolute Gasteiger partial charge is 0.265 e. The Hall–Kier alpha value is -2.64. The van der Waals surface area contributed by atoms with Gasteiger partial charge in [0.1, 0.15) is 0 Å². The van der Waals surface area contributed by atoms with Crippen LogP contribution in [0.25, 0.3) is 0 Å². The Kier molecular flexibility index (Phi) is 4.64. The number of carbonyl (C=O) groups excluding carboxylic acids is 1. The largest absolute Gasteiger partial charge is 0.321 e. The van der Waals surface area contributed by atoms with Crippen LogP contribution in [-0.4, -0.2) is 14.3 Å². The summed E-state index contributed by atoms with van der Waals surface area (Å²) in [5, 5.41) is 4.57. The van der Waals surface area contributed by atoms with Crippen LogP contribution in [0, 0.1) is 0 Å². The molecule has 0 saturated heterocycles. The van der Waals surface area contributed by atoms with Crippen molar-refractivity contribution in [3.05, 3.63) is 77.0 Å². The Morgan fingerprint density at radius 1 is 0.875 bits per heavy atom. The lowest BCUT2D eigenvalue weighted by atomic mass is 10.3. The Bertz CT molecular complexity index is 937. The molecule has 0 spiro atoms. The molecule has 0 aliphatic carbocycles. The first-order valence-corrected chi connectivity index (χ1v) is 9.44. The quantitative estimate of drug-likeness (QED) is 0.728. The van der Waals surface area contributed by atoms with Gasteiger partial charge >= 0.3 is 0 Å². The Balaban J connectivity index is 1.77. The van der Waals surface area contributed by atoms with Crippen molar-refractivity contribution in [2.24, 2.45) is 0 Å². The number of carbonyl (C=O) groups is 1. The first-order chi connectivity index (χ1) is 11.5. The molecule has 3 rings (SSSR count). The van der Waals surface area contributed by atoms with Crippen molar-refractivity contribution in [3.8, 4) is 0 Å². The second-order valence-corrected chi connectivity index (χ2v) is 7.56. The van der Waals surface area contributed by atoms with Gasteiger partial charge in [-0.3, -0.25) is 9.52 Å². The highest BCUT2D eigenvalue weighted by Gasteiger charge is 2.14. The van der Waals surface area contributed by atoms with Crippen LogP contribution in [0.3, 0.4) is 0 Å². The summed E-state index contributed by atoms with van der Waals surface area (Å²) in [6, 6.07) is 18.2. The summed E-state index contributed by atoms with van der Waals surface area (Å²) in [4.78, 5) is 12.8. The lowest BCUT2D eigenvalue weighted by molar-refractivity contribution is 0.103. The maximum atomic E-state index is 12.3. The molecule has 0 aliphatic heterocycles. The first-order valence-electron chi connectivity index (χ1n) is 7.07. The predicted molar refractivity (Wildman–Crippen MR) is 96.0 cm³/mol. The van der Waals surface area contributed by atoms with Gasteiger partial charge in [0, 0.05) is 5.69 Å². The van der Waals surface area contributed by atoms with Gasteiger partial charge in [0.25, 0.3) is 15.9 Å². The molecule has 0 fully saturated rings. The molecule has 0 aliphatic rings. The van der Waals surface area contributed by atoms with Crippen LogP contribution in [0.2, 0.25) is 0 Å². The topological polar surface area (TPSA) is 75.3 Å². The number of thiophene rings is 1. The number of anilines is 2. The summed E-state index contributed by atoms with van der Waals surface area (Å²) in [5.74, 6) is -0.229. The number of nitrogens with one attached hydrogen (secondary N) is 2. The maximum Gasteiger partial charge on any atom is 0.265 e. The van der Waals surface area contributed by atoms with Crippen LogP contribution >= 0.6 is 11.3 Å². The molecular weight excluding hydrogens is 344 g/mol. The second kappa shape index (κ2) is 6.86. The average Bonchev–Trinajstić information content (AvgIpc) is 3.10. The molecule has 7 heteroatoms. The predicted octanol–water partition coefficient (Wildman–Crippen LogP) is 3.80. The van der Waals surface area contributed by atoms with Crippen LogP contribution in [-0.2, 0) is 10.0 Å². The van der Waals surface area contributed by atoms with Gasteiger partial charge in [-0.1, -0.05) is 30.3 Å². The highest BCUT2D eigenvalue weighted by atomic mass is 32.2. The van der Waals surface area contributed by atoms with Crippen LogP contribution < -0.4 is 10.0 Å². The third-order valence-corrected chi connectivity index (χ3v) is 5.44. The number of rotatable bonds is 5. The molecule has 2 N–H and O–H groups in total. The lowest BCUT2D eigenvalue weighted by Gasteiger charge is -2.10. The zero-order chi connectivity index (χ0) is 17.0. The summed E-state index contributed by atoms with van der Waals surface area (Å²) in [5.41, 5.74) is 0.893. The fourth-order valence-corrected chi connectivity index (χ4v) is 3.76. The number of sulfonamides is 1. The van der Waals surface area contributed by atoms with Crippen molar-refractivity contribution < 1.29 is 13.2 Å². The van der Waals surface area contributed by atoms with E-state index in [1.165, 1.54) is 23.5 Å². The van der Waals surface area contributed by atoms with E-state index in [1.807, 2.05) is 5.38 Å². The van der Waals surface area contributed by atoms with E-state index in [-0.39, 0.29) is 10.8 Å². The number of benzene rings is 2. The third-order valence-electron chi connectivity index (χ3n) is 3.17. The van der Waals surface area contributed by atoms with Crippen LogP contribution in [0.1, 0.15) is 9.67 Å². The zero-order valence-corrected chi connectivity index (χ0v) is 14.1. The normalized spacial score (nSPS) is 11.0. The van der Waals surface area contributed by atoms with Crippen LogP contribution in [0.15, 0.2) is 77.0 Å². The van der Waals surface area contributed by atoms with E-state index in [1.54, 1.807) is 54.6 Å². The van der Waals surface area contributed by atoms with E-state index in [2.05, 4.69) is 10.0 Å². The van der Waals surface area contributed by atoms with Gasteiger partial charge in [-0.2, -0.15) is 0 Å². The van der Waals surface area contributed by atoms with Crippen LogP contribution in [0.5, 0.6) is 0 Å². The van der Waals surface area contributed by atoms with E-state index in [0.29, 0.717) is 16.3 Å². The molecule has 3 aromatic rings. The Morgan fingerprint density at radius 2 is 1.62 bits per heavy atom. The van der Waals surface area contributed by atoms with Gasteiger partial charge in [0.2, 0.25) is 0 Å². The van der Waals surface area contributed by atoms with Gasteiger partial charge in [0.05, 0.1) is 15.5 Å². The van der Waals surface area contributed by atoms with Crippen molar-refractivity contribution in [3.63, 3.8) is 0 Å².